The Kier molecular flexibility index (Phi) is 3.92. The molecular weight excluding hydrogens is 284 g/mol. The van der Waals surface area contributed by atoms with Crippen LogP contribution in [0.2, 0.25) is 0 Å². The predicted molar refractivity (Wildman–Crippen MR) is 82.3 cm³/mol. The summed E-state index contributed by atoms with van der Waals surface area (Å²) in [6.07, 6.45) is 2.47. The largest absolute Gasteiger partial charge is 0.508 e. The fourth-order valence-electron chi connectivity index (χ4n) is 2.38. The Bertz CT molecular complexity index is 649. The lowest BCUT2D eigenvalue weighted by Crippen LogP contribution is -2.31. The second kappa shape index (κ2) is 5.85. The van der Waals surface area contributed by atoms with Crippen molar-refractivity contribution in [3.63, 3.8) is 0 Å². The SMILES string of the molecule is Cc1csc(C(NC(=O)Cc2ccccc2O)C2CC2)n1. The van der Waals surface area contributed by atoms with Crippen LogP contribution in [0, 0.1) is 12.8 Å². The molecule has 1 fully saturated rings. The van der Waals surface area contributed by atoms with Crippen molar-refractivity contribution in [3.05, 3.63) is 45.9 Å². The second-order valence-corrected chi connectivity index (χ2v) is 6.40. The molecule has 21 heavy (non-hydrogen) atoms. The van der Waals surface area contributed by atoms with E-state index in [1.165, 1.54) is 0 Å². The summed E-state index contributed by atoms with van der Waals surface area (Å²) in [4.78, 5) is 16.7. The van der Waals surface area contributed by atoms with E-state index in [-0.39, 0.29) is 24.1 Å². The number of carbonyl (C=O) groups is 1. The highest BCUT2D eigenvalue weighted by Gasteiger charge is 2.35. The first-order valence-corrected chi connectivity index (χ1v) is 7.99. The van der Waals surface area contributed by atoms with E-state index in [0.717, 1.165) is 23.5 Å². The average molecular weight is 302 g/mol. The van der Waals surface area contributed by atoms with Gasteiger partial charge < -0.3 is 10.4 Å². The minimum absolute atomic E-state index is 0.0158. The van der Waals surface area contributed by atoms with Crippen molar-refractivity contribution < 1.29 is 9.90 Å². The van der Waals surface area contributed by atoms with Crippen LogP contribution in [0.5, 0.6) is 5.75 Å². The Morgan fingerprint density at radius 3 is 2.86 bits per heavy atom. The second-order valence-electron chi connectivity index (χ2n) is 5.52. The van der Waals surface area contributed by atoms with Crippen LogP contribution in [0.1, 0.15) is 35.1 Å². The predicted octanol–water partition coefficient (Wildman–Crippen LogP) is 2.97. The molecule has 2 N–H and O–H groups in total. The lowest BCUT2D eigenvalue weighted by molar-refractivity contribution is -0.121. The minimum Gasteiger partial charge on any atom is -0.508 e. The zero-order valence-corrected chi connectivity index (χ0v) is 12.7. The Hall–Kier alpha value is -1.88. The number of thiazole rings is 1. The first-order chi connectivity index (χ1) is 10.1. The number of aryl methyl sites for hydroxylation is 1. The number of para-hydroxylation sites is 1. The van der Waals surface area contributed by atoms with E-state index in [4.69, 9.17) is 0 Å². The van der Waals surface area contributed by atoms with E-state index in [9.17, 15) is 9.90 Å². The summed E-state index contributed by atoms with van der Waals surface area (Å²) in [6, 6.07) is 6.97. The van der Waals surface area contributed by atoms with Crippen LogP contribution < -0.4 is 5.32 Å². The highest BCUT2D eigenvalue weighted by Crippen LogP contribution is 2.41. The van der Waals surface area contributed by atoms with Crippen molar-refractivity contribution in [2.75, 3.05) is 0 Å². The summed E-state index contributed by atoms with van der Waals surface area (Å²) in [7, 11) is 0. The van der Waals surface area contributed by atoms with E-state index < -0.39 is 0 Å². The van der Waals surface area contributed by atoms with Gasteiger partial charge in [-0.05, 0) is 31.7 Å². The van der Waals surface area contributed by atoms with Crippen molar-refractivity contribution in [2.24, 2.45) is 5.92 Å². The molecule has 0 aliphatic heterocycles. The monoisotopic (exact) mass is 302 g/mol. The summed E-state index contributed by atoms with van der Waals surface area (Å²) >= 11 is 1.60. The average Bonchev–Trinajstić information content (AvgIpc) is 3.21. The van der Waals surface area contributed by atoms with E-state index >= 15 is 0 Å². The van der Waals surface area contributed by atoms with Gasteiger partial charge in [0, 0.05) is 16.6 Å². The summed E-state index contributed by atoms with van der Waals surface area (Å²) in [5.41, 5.74) is 1.65. The van der Waals surface area contributed by atoms with Crippen molar-refractivity contribution in [2.45, 2.75) is 32.2 Å². The van der Waals surface area contributed by atoms with Crippen LogP contribution in [0.3, 0.4) is 0 Å². The fourth-order valence-corrected chi connectivity index (χ4v) is 3.32. The van der Waals surface area contributed by atoms with Gasteiger partial charge in [-0.25, -0.2) is 4.98 Å². The van der Waals surface area contributed by atoms with Gasteiger partial charge in [0.05, 0.1) is 12.5 Å². The van der Waals surface area contributed by atoms with Gasteiger partial charge in [-0.2, -0.15) is 0 Å². The topological polar surface area (TPSA) is 62.2 Å². The van der Waals surface area contributed by atoms with Crippen LogP contribution in [0.4, 0.5) is 0 Å². The quantitative estimate of drug-likeness (QED) is 0.892. The minimum atomic E-state index is -0.0683. The molecule has 0 radical (unpaired) electrons. The molecule has 3 rings (SSSR count). The third-order valence-corrected chi connectivity index (χ3v) is 4.70. The molecule has 1 aromatic heterocycles. The van der Waals surface area contributed by atoms with Crippen molar-refractivity contribution >= 4 is 17.2 Å². The number of aromatic nitrogens is 1. The third kappa shape index (κ3) is 3.42. The van der Waals surface area contributed by atoms with Gasteiger partial charge in [-0.1, -0.05) is 18.2 Å². The number of nitrogens with zero attached hydrogens (tertiary/aromatic N) is 1. The normalized spacial score (nSPS) is 15.7. The molecule has 1 saturated carbocycles. The standard InChI is InChI=1S/C16H18N2O2S/c1-10-9-21-16(17-10)15(11-6-7-11)18-14(20)8-12-4-2-3-5-13(12)19/h2-5,9,11,15,19H,6-8H2,1H3,(H,18,20). The third-order valence-electron chi connectivity index (χ3n) is 3.66. The number of nitrogens with one attached hydrogen (secondary N) is 1. The van der Waals surface area contributed by atoms with Crippen molar-refractivity contribution in [1.29, 1.82) is 0 Å². The Labute approximate surface area is 127 Å². The molecule has 1 atom stereocenters. The summed E-state index contributed by atoms with van der Waals surface area (Å²) in [5, 5.41) is 15.8. The maximum Gasteiger partial charge on any atom is 0.225 e. The van der Waals surface area contributed by atoms with E-state index in [1.54, 1.807) is 29.5 Å². The molecule has 1 heterocycles. The molecular formula is C16H18N2O2S. The van der Waals surface area contributed by atoms with Crippen LogP contribution in [-0.4, -0.2) is 16.0 Å². The molecule has 1 amide bonds. The van der Waals surface area contributed by atoms with Gasteiger partial charge in [0.25, 0.3) is 0 Å². The number of amides is 1. The first-order valence-electron chi connectivity index (χ1n) is 7.12. The van der Waals surface area contributed by atoms with Crippen molar-refractivity contribution in [3.8, 4) is 5.75 Å². The number of carbonyl (C=O) groups excluding carboxylic acids is 1. The van der Waals surface area contributed by atoms with Crippen LogP contribution in [-0.2, 0) is 11.2 Å². The number of phenols is 1. The van der Waals surface area contributed by atoms with E-state index in [2.05, 4.69) is 10.3 Å². The van der Waals surface area contributed by atoms with Crippen molar-refractivity contribution in [1.82, 2.24) is 10.3 Å². The number of phenolic OH excluding ortho intramolecular Hbond substituents is 1. The van der Waals surface area contributed by atoms with E-state index in [1.807, 2.05) is 18.4 Å². The first kappa shape index (κ1) is 14.1. The van der Waals surface area contributed by atoms with E-state index in [0.29, 0.717) is 11.5 Å². The fraction of sp³-hybridized carbons (Fsp3) is 0.375. The number of benzene rings is 1. The molecule has 5 heteroatoms. The zero-order valence-electron chi connectivity index (χ0n) is 11.9. The highest BCUT2D eigenvalue weighted by molar-refractivity contribution is 7.09. The Morgan fingerprint density at radius 2 is 2.24 bits per heavy atom. The smallest absolute Gasteiger partial charge is 0.225 e. The van der Waals surface area contributed by atoms with Gasteiger partial charge in [-0.15, -0.1) is 11.3 Å². The molecule has 0 bridgehead atoms. The highest BCUT2D eigenvalue weighted by atomic mass is 32.1. The molecule has 0 saturated heterocycles. The number of aromatic hydroxyl groups is 1. The maximum absolute atomic E-state index is 12.2. The van der Waals surface area contributed by atoms with Gasteiger partial charge in [0.15, 0.2) is 0 Å². The molecule has 1 aliphatic rings. The summed E-state index contributed by atoms with van der Waals surface area (Å²) in [5.74, 6) is 0.603. The lowest BCUT2D eigenvalue weighted by atomic mass is 10.1. The maximum atomic E-state index is 12.2. The molecule has 0 spiro atoms. The van der Waals surface area contributed by atoms with Gasteiger partial charge in [0.2, 0.25) is 5.91 Å². The van der Waals surface area contributed by atoms with Crippen LogP contribution in [0.25, 0.3) is 0 Å². The number of rotatable bonds is 5. The van der Waals surface area contributed by atoms with Gasteiger partial charge in [0.1, 0.15) is 10.8 Å². The van der Waals surface area contributed by atoms with Gasteiger partial charge >= 0.3 is 0 Å². The molecule has 4 nitrogen and oxygen atoms in total. The van der Waals surface area contributed by atoms with Gasteiger partial charge in [-0.3, -0.25) is 4.79 Å². The Morgan fingerprint density at radius 1 is 1.48 bits per heavy atom. The molecule has 1 aromatic carbocycles. The summed E-state index contributed by atoms with van der Waals surface area (Å²) in [6.45, 7) is 1.97. The summed E-state index contributed by atoms with van der Waals surface area (Å²) < 4.78 is 0. The number of hydrogen-bond acceptors (Lipinski definition) is 4. The molecule has 110 valence electrons. The van der Waals surface area contributed by atoms with Crippen LogP contribution >= 0.6 is 11.3 Å². The number of hydrogen-bond donors (Lipinski definition) is 2. The van der Waals surface area contributed by atoms with Crippen LogP contribution in [0.15, 0.2) is 29.6 Å². The molecule has 2 aromatic rings. The molecule has 1 aliphatic carbocycles. The Balaban J connectivity index is 1.69. The molecule has 1 unspecified atom stereocenters. The zero-order chi connectivity index (χ0) is 14.8. The lowest BCUT2D eigenvalue weighted by Gasteiger charge is -2.16.